The Labute approximate surface area is 140 Å². The number of nitrogens with two attached hydrogens (primary N) is 1. The monoisotopic (exact) mass is 330 g/mol. The van der Waals surface area contributed by atoms with Crippen molar-refractivity contribution in [1.82, 2.24) is 5.32 Å². The van der Waals surface area contributed by atoms with Crippen LogP contribution in [0, 0.1) is 17.8 Å². The predicted molar refractivity (Wildman–Crippen MR) is 90.0 cm³/mol. The van der Waals surface area contributed by atoms with Gasteiger partial charge in [-0.1, -0.05) is 6.42 Å². The molecule has 5 heteroatoms. The first-order valence-electron chi connectivity index (χ1n) is 8.81. The van der Waals surface area contributed by atoms with Crippen LogP contribution in [0.1, 0.15) is 58.3 Å². The van der Waals surface area contributed by atoms with Crippen LogP contribution < -0.4 is 11.1 Å². The van der Waals surface area contributed by atoms with E-state index in [9.17, 15) is 4.79 Å². The standard InChI is InChI=1S/C17H30N2O2.ClH/c1-11(8-15-6-3-7-21-15)19-17(20)14-9-12-4-2-5-13(10-14)16(12)18;/h11-16H,2-10,18H2,1H3,(H,19,20);1H. The summed E-state index contributed by atoms with van der Waals surface area (Å²) in [6, 6.07) is 0.558. The van der Waals surface area contributed by atoms with Crippen molar-refractivity contribution in [1.29, 1.82) is 0 Å². The predicted octanol–water partition coefficient (Wildman–Crippen LogP) is 2.64. The van der Waals surface area contributed by atoms with Crippen LogP contribution in [0.4, 0.5) is 0 Å². The fourth-order valence-electron chi connectivity index (χ4n) is 4.65. The molecule has 0 aromatic rings. The summed E-state index contributed by atoms with van der Waals surface area (Å²) in [5.74, 6) is 1.58. The molecule has 128 valence electrons. The maximum Gasteiger partial charge on any atom is 0.223 e. The van der Waals surface area contributed by atoms with E-state index in [1.165, 1.54) is 19.3 Å². The molecule has 1 aliphatic heterocycles. The number of amides is 1. The third-order valence-corrected chi connectivity index (χ3v) is 5.81. The van der Waals surface area contributed by atoms with Crippen LogP contribution in [0.5, 0.6) is 0 Å². The highest BCUT2D eigenvalue weighted by atomic mass is 35.5. The molecular weight excluding hydrogens is 300 g/mol. The molecule has 0 spiro atoms. The van der Waals surface area contributed by atoms with E-state index in [1.807, 2.05) is 0 Å². The molecule has 2 bridgehead atoms. The van der Waals surface area contributed by atoms with Crippen LogP contribution in [0.15, 0.2) is 0 Å². The summed E-state index contributed by atoms with van der Waals surface area (Å²) in [6.07, 6.45) is 9.32. The molecule has 3 aliphatic rings. The van der Waals surface area contributed by atoms with Gasteiger partial charge >= 0.3 is 0 Å². The van der Waals surface area contributed by atoms with Gasteiger partial charge in [-0.3, -0.25) is 4.79 Å². The molecule has 22 heavy (non-hydrogen) atoms. The third kappa shape index (κ3) is 4.15. The van der Waals surface area contributed by atoms with Crippen LogP contribution in [0.3, 0.4) is 0 Å². The molecular formula is C17H31ClN2O2. The highest BCUT2D eigenvalue weighted by Gasteiger charge is 2.40. The normalized spacial score (nSPS) is 38.9. The zero-order valence-electron chi connectivity index (χ0n) is 13.6. The molecule has 0 radical (unpaired) electrons. The van der Waals surface area contributed by atoms with E-state index in [0.717, 1.165) is 38.7 Å². The molecule has 1 heterocycles. The molecule has 1 amide bonds. The highest BCUT2D eigenvalue weighted by molar-refractivity contribution is 5.85. The highest BCUT2D eigenvalue weighted by Crippen LogP contribution is 2.41. The first-order valence-corrected chi connectivity index (χ1v) is 8.81. The zero-order valence-corrected chi connectivity index (χ0v) is 14.4. The first kappa shape index (κ1) is 18.0. The van der Waals surface area contributed by atoms with Crippen molar-refractivity contribution < 1.29 is 9.53 Å². The Morgan fingerprint density at radius 1 is 1.23 bits per heavy atom. The first-order chi connectivity index (χ1) is 10.1. The van der Waals surface area contributed by atoms with Crippen molar-refractivity contribution in [3.63, 3.8) is 0 Å². The average Bonchev–Trinajstić information content (AvgIpc) is 2.90. The third-order valence-electron chi connectivity index (χ3n) is 5.81. The number of halogens is 1. The second-order valence-corrected chi connectivity index (χ2v) is 7.48. The fraction of sp³-hybridized carbons (Fsp3) is 0.941. The number of ether oxygens (including phenoxy) is 1. The number of carbonyl (C=O) groups excluding carboxylic acids is 1. The Bertz CT molecular complexity index is 360. The summed E-state index contributed by atoms with van der Waals surface area (Å²) in [6.45, 7) is 2.99. The second-order valence-electron chi connectivity index (χ2n) is 7.48. The van der Waals surface area contributed by atoms with Gasteiger partial charge in [0.05, 0.1) is 6.10 Å². The molecule has 1 saturated heterocycles. The summed E-state index contributed by atoms with van der Waals surface area (Å²) in [5.41, 5.74) is 6.31. The van der Waals surface area contributed by atoms with Gasteiger partial charge in [-0.05, 0) is 63.7 Å². The van der Waals surface area contributed by atoms with Gasteiger partial charge in [-0.25, -0.2) is 0 Å². The van der Waals surface area contributed by atoms with Crippen molar-refractivity contribution in [3.05, 3.63) is 0 Å². The van der Waals surface area contributed by atoms with Gasteiger partial charge in [-0.15, -0.1) is 12.4 Å². The maximum absolute atomic E-state index is 12.5. The SMILES string of the molecule is CC(CC1CCCO1)NC(=O)C1CC2CCCC(C1)C2N.Cl. The van der Waals surface area contributed by atoms with E-state index >= 15 is 0 Å². The lowest BCUT2D eigenvalue weighted by Gasteiger charge is -2.43. The largest absolute Gasteiger partial charge is 0.378 e. The van der Waals surface area contributed by atoms with E-state index in [1.54, 1.807) is 0 Å². The van der Waals surface area contributed by atoms with Gasteiger partial charge < -0.3 is 15.8 Å². The smallest absolute Gasteiger partial charge is 0.223 e. The summed E-state index contributed by atoms with van der Waals surface area (Å²) in [4.78, 5) is 12.5. The molecule has 3 N–H and O–H groups in total. The van der Waals surface area contributed by atoms with Gasteiger partial charge in [0.2, 0.25) is 5.91 Å². The lowest BCUT2D eigenvalue weighted by atomic mass is 9.65. The van der Waals surface area contributed by atoms with Crippen molar-refractivity contribution in [2.24, 2.45) is 23.5 Å². The Morgan fingerprint density at radius 3 is 2.50 bits per heavy atom. The molecule has 0 aromatic heterocycles. The van der Waals surface area contributed by atoms with Crippen LogP contribution in [-0.2, 0) is 9.53 Å². The van der Waals surface area contributed by atoms with E-state index < -0.39 is 0 Å². The number of hydrogen-bond acceptors (Lipinski definition) is 3. The Balaban J connectivity index is 0.00000176. The van der Waals surface area contributed by atoms with Crippen molar-refractivity contribution in [2.75, 3.05) is 6.61 Å². The van der Waals surface area contributed by atoms with Crippen LogP contribution >= 0.6 is 12.4 Å². The lowest BCUT2D eigenvalue weighted by Crippen LogP contribution is -2.50. The average molecular weight is 331 g/mol. The number of rotatable bonds is 4. The Hall–Kier alpha value is -0.320. The van der Waals surface area contributed by atoms with Gasteiger partial charge in [0, 0.05) is 24.6 Å². The van der Waals surface area contributed by atoms with Crippen molar-refractivity contribution in [2.45, 2.75) is 76.5 Å². The summed E-state index contributed by atoms with van der Waals surface area (Å²) in [5, 5.41) is 3.22. The molecule has 0 aromatic carbocycles. The van der Waals surface area contributed by atoms with Crippen LogP contribution in [-0.4, -0.2) is 30.7 Å². The molecule has 4 atom stereocenters. The lowest BCUT2D eigenvalue weighted by molar-refractivity contribution is -0.128. The molecule has 2 saturated carbocycles. The van der Waals surface area contributed by atoms with Gasteiger partial charge in [0.15, 0.2) is 0 Å². The van der Waals surface area contributed by atoms with Gasteiger partial charge in [-0.2, -0.15) is 0 Å². The minimum absolute atomic E-state index is 0. The van der Waals surface area contributed by atoms with Crippen molar-refractivity contribution >= 4 is 18.3 Å². The summed E-state index contributed by atoms with van der Waals surface area (Å²) in [7, 11) is 0. The Kier molecular flexibility index (Phi) is 6.54. The topological polar surface area (TPSA) is 64.3 Å². The maximum atomic E-state index is 12.5. The van der Waals surface area contributed by atoms with Crippen molar-refractivity contribution in [3.8, 4) is 0 Å². The van der Waals surface area contributed by atoms with Crippen LogP contribution in [0.2, 0.25) is 0 Å². The number of hydrogen-bond donors (Lipinski definition) is 2. The molecule has 4 unspecified atom stereocenters. The summed E-state index contributed by atoms with van der Waals surface area (Å²) < 4.78 is 5.66. The number of nitrogens with one attached hydrogen (secondary N) is 1. The number of carbonyl (C=O) groups is 1. The van der Waals surface area contributed by atoms with E-state index in [4.69, 9.17) is 10.5 Å². The number of fused-ring (bicyclic) bond motifs is 2. The molecule has 3 rings (SSSR count). The quantitative estimate of drug-likeness (QED) is 0.832. The minimum Gasteiger partial charge on any atom is -0.378 e. The Morgan fingerprint density at radius 2 is 1.91 bits per heavy atom. The van der Waals surface area contributed by atoms with E-state index in [0.29, 0.717) is 24.0 Å². The zero-order chi connectivity index (χ0) is 14.8. The molecule has 3 fully saturated rings. The summed E-state index contributed by atoms with van der Waals surface area (Å²) >= 11 is 0. The van der Waals surface area contributed by atoms with E-state index in [2.05, 4.69) is 12.2 Å². The molecule has 4 nitrogen and oxygen atoms in total. The van der Waals surface area contributed by atoms with Crippen LogP contribution in [0.25, 0.3) is 0 Å². The van der Waals surface area contributed by atoms with E-state index in [-0.39, 0.29) is 30.3 Å². The fourth-order valence-corrected chi connectivity index (χ4v) is 4.65. The minimum atomic E-state index is 0. The van der Waals surface area contributed by atoms with Gasteiger partial charge in [0.25, 0.3) is 0 Å². The molecule has 2 aliphatic carbocycles. The second kappa shape index (κ2) is 7.98. The van der Waals surface area contributed by atoms with Gasteiger partial charge in [0.1, 0.15) is 0 Å².